The van der Waals surface area contributed by atoms with Crippen LogP contribution in [0.25, 0.3) is 11.5 Å². The van der Waals surface area contributed by atoms with Gasteiger partial charge in [0.05, 0.1) is 12.9 Å². The molecule has 1 aliphatic rings. The molecule has 0 aromatic carbocycles. The Morgan fingerprint density at radius 1 is 1.67 bits per heavy atom. The van der Waals surface area contributed by atoms with Gasteiger partial charge in [-0.1, -0.05) is 13.3 Å². The van der Waals surface area contributed by atoms with Gasteiger partial charge in [-0.05, 0) is 25.0 Å². The van der Waals surface area contributed by atoms with E-state index in [1.165, 1.54) is 0 Å². The second-order valence-electron chi connectivity index (χ2n) is 5.87. The molecule has 6 heteroatoms. The van der Waals surface area contributed by atoms with E-state index in [0.29, 0.717) is 17.1 Å². The minimum Gasteiger partial charge on any atom is -0.463 e. The number of aliphatic hydroxyl groups excluding tert-OH is 1. The van der Waals surface area contributed by atoms with Crippen LogP contribution in [0.3, 0.4) is 0 Å². The Balaban J connectivity index is 1.71. The maximum atomic E-state index is 12.3. The topological polar surface area (TPSA) is 91.1 Å². The number of nitrogens with one attached hydrogen (secondary N) is 2. The lowest BCUT2D eigenvalue weighted by atomic mass is 9.86. The number of H-pyrrole nitrogens is 1. The second-order valence-corrected chi connectivity index (χ2v) is 5.87. The summed E-state index contributed by atoms with van der Waals surface area (Å²) >= 11 is 0. The molecule has 2 unspecified atom stereocenters. The molecule has 1 fully saturated rings. The zero-order chi connectivity index (χ0) is 14.9. The van der Waals surface area contributed by atoms with Crippen LogP contribution >= 0.6 is 0 Å². The van der Waals surface area contributed by atoms with Gasteiger partial charge in [-0.25, -0.2) is 0 Å². The molecule has 0 aliphatic heterocycles. The second kappa shape index (κ2) is 5.37. The highest BCUT2D eigenvalue weighted by Crippen LogP contribution is 2.37. The Labute approximate surface area is 122 Å². The summed E-state index contributed by atoms with van der Waals surface area (Å²) in [4.78, 5) is 12.3. The van der Waals surface area contributed by atoms with Crippen LogP contribution < -0.4 is 5.32 Å². The Bertz CT molecular complexity index is 620. The van der Waals surface area contributed by atoms with E-state index in [0.717, 1.165) is 19.3 Å². The number of rotatable bonds is 4. The van der Waals surface area contributed by atoms with Crippen molar-refractivity contribution in [2.24, 2.45) is 5.41 Å². The Morgan fingerprint density at radius 2 is 2.52 bits per heavy atom. The highest BCUT2D eigenvalue weighted by atomic mass is 16.3. The number of hydrogen-bond donors (Lipinski definition) is 3. The molecule has 3 rings (SSSR count). The molecule has 2 heterocycles. The normalized spacial score (nSPS) is 25.1. The lowest BCUT2D eigenvalue weighted by Crippen LogP contribution is -2.44. The number of carbonyl (C=O) groups excluding carboxylic acids is 1. The fourth-order valence-electron chi connectivity index (χ4n) is 2.90. The standard InChI is InChI=1S/C15H19N3O3/c1-15(9-19)6-2-5-13(15)16-14(20)11-8-10(17-18-11)12-4-3-7-21-12/h3-4,7-8,13,19H,2,5-6,9H2,1H3,(H,16,20)(H,17,18). The van der Waals surface area contributed by atoms with Gasteiger partial charge in [0.1, 0.15) is 5.69 Å². The average Bonchev–Trinajstić information content (AvgIpc) is 3.19. The number of nitrogens with zero attached hydrogens (tertiary/aromatic N) is 1. The molecule has 6 nitrogen and oxygen atoms in total. The maximum Gasteiger partial charge on any atom is 0.272 e. The van der Waals surface area contributed by atoms with Gasteiger partial charge in [0, 0.05) is 17.5 Å². The van der Waals surface area contributed by atoms with Crippen LogP contribution in [-0.2, 0) is 0 Å². The molecule has 0 spiro atoms. The van der Waals surface area contributed by atoms with Gasteiger partial charge in [0.2, 0.25) is 0 Å². The van der Waals surface area contributed by atoms with E-state index >= 15 is 0 Å². The van der Waals surface area contributed by atoms with Crippen LogP contribution in [0.4, 0.5) is 0 Å². The number of amides is 1. The molecule has 1 amide bonds. The van der Waals surface area contributed by atoms with Gasteiger partial charge in [0.15, 0.2) is 11.5 Å². The monoisotopic (exact) mass is 289 g/mol. The zero-order valence-corrected chi connectivity index (χ0v) is 11.9. The fraction of sp³-hybridized carbons (Fsp3) is 0.467. The molecule has 2 atom stereocenters. The summed E-state index contributed by atoms with van der Waals surface area (Å²) in [5.41, 5.74) is 0.755. The van der Waals surface area contributed by atoms with E-state index in [1.807, 2.05) is 6.92 Å². The summed E-state index contributed by atoms with van der Waals surface area (Å²) in [6, 6.07) is 5.23. The molecule has 0 radical (unpaired) electrons. The van der Waals surface area contributed by atoms with Crippen molar-refractivity contribution in [1.29, 1.82) is 0 Å². The Hall–Kier alpha value is -2.08. The first kappa shape index (κ1) is 13.9. The number of furan rings is 1. The van der Waals surface area contributed by atoms with E-state index < -0.39 is 0 Å². The van der Waals surface area contributed by atoms with Crippen molar-refractivity contribution in [3.05, 3.63) is 30.2 Å². The SMILES string of the molecule is CC1(CO)CCCC1NC(=O)c1cc(-c2ccco2)[nH]n1. The van der Waals surface area contributed by atoms with E-state index in [2.05, 4.69) is 15.5 Å². The van der Waals surface area contributed by atoms with Gasteiger partial charge in [-0.3, -0.25) is 9.89 Å². The minimum absolute atomic E-state index is 0.0150. The molecule has 21 heavy (non-hydrogen) atoms. The molecular formula is C15H19N3O3. The average molecular weight is 289 g/mol. The molecule has 2 aromatic rings. The number of aromatic amines is 1. The van der Waals surface area contributed by atoms with Crippen LogP contribution in [0.1, 0.15) is 36.7 Å². The first-order chi connectivity index (χ1) is 10.1. The van der Waals surface area contributed by atoms with E-state index in [9.17, 15) is 9.90 Å². The molecule has 1 saturated carbocycles. The molecular weight excluding hydrogens is 270 g/mol. The predicted octanol–water partition coefficient (Wildman–Crippen LogP) is 1.95. The van der Waals surface area contributed by atoms with Crippen molar-refractivity contribution in [2.75, 3.05) is 6.61 Å². The largest absolute Gasteiger partial charge is 0.463 e. The molecule has 112 valence electrons. The first-order valence-corrected chi connectivity index (χ1v) is 7.13. The van der Waals surface area contributed by atoms with Crippen LogP contribution in [0.5, 0.6) is 0 Å². The van der Waals surface area contributed by atoms with Crippen molar-refractivity contribution < 1.29 is 14.3 Å². The van der Waals surface area contributed by atoms with Gasteiger partial charge < -0.3 is 14.8 Å². The third-order valence-corrected chi connectivity index (χ3v) is 4.35. The molecule has 3 N–H and O–H groups in total. The zero-order valence-electron chi connectivity index (χ0n) is 11.9. The number of aliphatic hydroxyl groups is 1. The van der Waals surface area contributed by atoms with Gasteiger partial charge in [0.25, 0.3) is 5.91 Å². The van der Waals surface area contributed by atoms with Crippen LogP contribution in [0.2, 0.25) is 0 Å². The van der Waals surface area contributed by atoms with Crippen molar-refractivity contribution in [1.82, 2.24) is 15.5 Å². The van der Waals surface area contributed by atoms with Crippen LogP contribution in [0, 0.1) is 5.41 Å². The number of hydrogen-bond acceptors (Lipinski definition) is 4. The number of aromatic nitrogens is 2. The van der Waals surface area contributed by atoms with E-state index in [1.54, 1.807) is 24.5 Å². The molecule has 0 bridgehead atoms. The third-order valence-electron chi connectivity index (χ3n) is 4.35. The lowest BCUT2D eigenvalue weighted by molar-refractivity contribution is 0.0826. The quantitative estimate of drug-likeness (QED) is 0.802. The van der Waals surface area contributed by atoms with Crippen molar-refractivity contribution >= 4 is 5.91 Å². The van der Waals surface area contributed by atoms with Crippen molar-refractivity contribution in [3.63, 3.8) is 0 Å². The van der Waals surface area contributed by atoms with Crippen molar-refractivity contribution in [2.45, 2.75) is 32.2 Å². The lowest BCUT2D eigenvalue weighted by Gasteiger charge is -2.29. The molecule has 0 saturated heterocycles. The Morgan fingerprint density at radius 3 is 3.24 bits per heavy atom. The summed E-state index contributed by atoms with van der Waals surface area (Å²) < 4.78 is 5.26. The number of carbonyl (C=O) groups is 1. The summed E-state index contributed by atoms with van der Waals surface area (Å²) in [5, 5.41) is 19.3. The van der Waals surface area contributed by atoms with Gasteiger partial charge in [-0.15, -0.1) is 0 Å². The van der Waals surface area contributed by atoms with E-state index in [-0.39, 0.29) is 24.0 Å². The van der Waals surface area contributed by atoms with Crippen molar-refractivity contribution in [3.8, 4) is 11.5 Å². The minimum atomic E-state index is -0.240. The third kappa shape index (κ3) is 2.58. The summed E-state index contributed by atoms with van der Waals surface area (Å²) in [7, 11) is 0. The summed E-state index contributed by atoms with van der Waals surface area (Å²) in [5.74, 6) is 0.415. The van der Waals surface area contributed by atoms with Gasteiger partial charge >= 0.3 is 0 Å². The smallest absolute Gasteiger partial charge is 0.272 e. The summed E-state index contributed by atoms with van der Waals surface area (Å²) in [6.07, 6.45) is 4.40. The molecule has 2 aromatic heterocycles. The highest BCUT2D eigenvalue weighted by molar-refractivity contribution is 5.93. The predicted molar refractivity (Wildman–Crippen MR) is 76.6 cm³/mol. The first-order valence-electron chi connectivity index (χ1n) is 7.13. The highest BCUT2D eigenvalue weighted by Gasteiger charge is 2.39. The van der Waals surface area contributed by atoms with E-state index in [4.69, 9.17) is 4.42 Å². The summed E-state index contributed by atoms with van der Waals surface area (Å²) in [6.45, 7) is 2.08. The van der Waals surface area contributed by atoms with Gasteiger partial charge in [-0.2, -0.15) is 5.10 Å². The molecule has 1 aliphatic carbocycles. The maximum absolute atomic E-state index is 12.3. The van der Waals surface area contributed by atoms with Crippen LogP contribution in [0.15, 0.2) is 28.9 Å². The fourth-order valence-corrected chi connectivity index (χ4v) is 2.90. The van der Waals surface area contributed by atoms with Crippen LogP contribution in [-0.4, -0.2) is 33.9 Å². The Kier molecular flexibility index (Phi) is 3.55.